The standard InChI is InChI=1S/C14H15FN2S/c15-11-3-1-2-10(6-11)7-14-17-9-13(18-14)8-16-12-4-5-12/h1-3,6,9,12,16H,4-5,7-8H2. The third kappa shape index (κ3) is 3.15. The lowest BCUT2D eigenvalue weighted by Gasteiger charge is -1.98. The molecule has 4 heteroatoms. The maximum Gasteiger partial charge on any atom is 0.123 e. The average molecular weight is 262 g/mol. The molecular weight excluding hydrogens is 247 g/mol. The summed E-state index contributed by atoms with van der Waals surface area (Å²) in [6.07, 6.45) is 5.24. The molecule has 0 radical (unpaired) electrons. The first kappa shape index (κ1) is 11.8. The van der Waals surface area contributed by atoms with Crippen molar-refractivity contribution in [2.24, 2.45) is 0 Å². The van der Waals surface area contributed by atoms with E-state index in [2.05, 4.69) is 10.3 Å². The van der Waals surface area contributed by atoms with Gasteiger partial charge in [-0.2, -0.15) is 0 Å². The second-order valence-electron chi connectivity index (χ2n) is 4.68. The molecule has 1 heterocycles. The summed E-state index contributed by atoms with van der Waals surface area (Å²) in [5.74, 6) is -0.181. The van der Waals surface area contributed by atoms with Crippen molar-refractivity contribution in [1.82, 2.24) is 10.3 Å². The summed E-state index contributed by atoms with van der Waals surface area (Å²) in [5.41, 5.74) is 0.978. The minimum absolute atomic E-state index is 0.181. The predicted octanol–water partition coefficient (Wildman–Crippen LogP) is 3.13. The van der Waals surface area contributed by atoms with E-state index in [1.165, 1.54) is 23.8 Å². The van der Waals surface area contributed by atoms with E-state index in [1.807, 2.05) is 12.3 Å². The molecule has 94 valence electrons. The topological polar surface area (TPSA) is 24.9 Å². The number of nitrogens with zero attached hydrogens (tertiary/aromatic N) is 1. The van der Waals surface area contributed by atoms with E-state index >= 15 is 0 Å². The van der Waals surface area contributed by atoms with Crippen molar-refractivity contribution < 1.29 is 4.39 Å². The van der Waals surface area contributed by atoms with Gasteiger partial charge in [-0.15, -0.1) is 11.3 Å². The Hall–Kier alpha value is -1.26. The van der Waals surface area contributed by atoms with Crippen LogP contribution in [0.3, 0.4) is 0 Å². The van der Waals surface area contributed by atoms with Crippen LogP contribution < -0.4 is 5.32 Å². The number of nitrogens with one attached hydrogen (secondary N) is 1. The fraction of sp³-hybridized carbons (Fsp3) is 0.357. The van der Waals surface area contributed by atoms with Gasteiger partial charge in [0, 0.05) is 30.1 Å². The minimum atomic E-state index is -0.181. The van der Waals surface area contributed by atoms with Crippen LogP contribution in [0.2, 0.25) is 0 Å². The summed E-state index contributed by atoms with van der Waals surface area (Å²) < 4.78 is 13.1. The zero-order valence-corrected chi connectivity index (χ0v) is 10.8. The van der Waals surface area contributed by atoms with E-state index < -0.39 is 0 Å². The van der Waals surface area contributed by atoms with Crippen LogP contribution in [-0.4, -0.2) is 11.0 Å². The smallest absolute Gasteiger partial charge is 0.123 e. The lowest BCUT2D eigenvalue weighted by molar-refractivity contribution is 0.626. The Balaban J connectivity index is 1.61. The molecule has 1 saturated carbocycles. The van der Waals surface area contributed by atoms with Gasteiger partial charge in [0.25, 0.3) is 0 Å². The van der Waals surface area contributed by atoms with Crippen molar-refractivity contribution in [2.45, 2.75) is 31.8 Å². The molecular formula is C14H15FN2S. The highest BCUT2D eigenvalue weighted by Gasteiger charge is 2.20. The first-order valence-electron chi connectivity index (χ1n) is 6.21. The Morgan fingerprint density at radius 2 is 2.28 bits per heavy atom. The van der Waals surface area contributed by atoms with Gasteiger partial charge < -0.3 is 5.32 Å². The molecule has 1 aromatic heterocycles. The number of rotatable bonds is 5. The Morgan fingerprint density at radius 3 is 3.06 bits per heavy atom. The number of halogens is 1. The molecule has 1 N–H and O–H groups in total. The third-order valence-electron chi connectivity index (χ3n) is 2.99. The molecule has 0 saturated heterocycles. The Bertz CT molecular complexity index is 534. The van der Waals surface area contributed by atoms with Crippen LogP contribution in [0, 0.1) is 5.82 Å². The van der Waals surface area contributed by atoms with Crippen LogP contribution in [0.4, 0.5) is 4.39 Å². The second kappa shape index (κ2) is 5.16. The third-order valence-corrected chi connectivity index (χ3v) is 3.99. The molecule has 18 heavy (non-hydrogen) atoms. The molecule has 2 nitrogen and oxygen atoms in total. The summed E-state index contributed by atoms with van der Waals surface area (Å²) in [7, 11) is 0. The normalized spacial score (nSPS) is 14.9. The second-order valence-corrected chi connectivity index (χ2v) is 5.88. The van der Waals surface area contributed by atoms with Crippen LogP contribution in [0.5, 0.6) is 0 Å². The Kier molecular flexibility index (Phi) is 3.39. The molecule has 1 aliphatic rings. The zero-order valence-electron chi connectivity index (χ0n) is 10.0. The van der Waals surface area contributed by atoms with Crippen LogP contribution in [-0.2, 0) is 13.0 Å². The zero-order chi connectivity index (χ0) is 12.4. The van der Waals surface area contributed by atoms with Gasteiger partial charge in [0.05, 0.1) is 5.01 Å². The first-order chi connectivity index (χ1) is 8.79. The quantitative estimate of drug-likeness (QED) is 0.895. The fourth-order valence-corrected chi connectivity index (χ4v) is 2.77. The van der Waals surface area contributed by atoms with E-state index in [1.54, 1.807) is 23.5 Å². The lowest BCUT2D eigenvalue weighted by Crippen LogP contribution is -2.14. The summed E-state index contributed by atoms with van der Waals surface area (Å²) in [5, 5.41) is 4.52. The van der Waals surface area contributed by atoms with Crippen molar-refractivity contribution in [1.29, 1.82) is 0 Å². The van der Waals surface area contributed by atoms with Crippen molar-refractivity contribution in [3.05, 3.63) is 51.7 Å². The molecule has 0 spiro atoms. The van der Waals surface area contributed by atoms with Gasteiger partial charge in [0.2, 0.25) is 0 Å². The van der Waals surface area contributed by atoms with Gasteiger partial charge in [-0.05, 0) is 30.5 Å². The summed E-state index contributed by atoms with van der Waals surface area (Å²) >= 11 is 1.71. The SMILES string of the molecule is Fc1cccc(Cc2ncc(CNC3CC3)s2)c1. The Labute approximate surface area is 110 Å². The van der Waals surface area contributed by atoms with Gasteiger partial charge in [-0.3, -0.25) is 0 Å². The maximum absolute atomic E-state index is 13.1. The van der Waals surface area contributed by atoms with Gasteiger partial charge in [-0.1, -0.05) is 12.1 Å². The monoisotopic (exact) mass is 262 g/mol. The molecule has 1 aliphatic carbocycles. The van der Waals surface area contributed by atoms with E-state index in [9.17, 15) is 4.39 Å². The molecule has 0 amide bonds. The fourth-order valence-electron chi connectivity index (χ4n) is 1.87. The van der Waals surface area contributed by atoms with Gasteiger partial charge in [-0.25, -0.2) is 9.37 Å². The minimum Gasteiger partial charge on any atom is -0.309 e. The van der Waals surface area contributed by atoms with Crippen molar-refractivity contribution in [3.63, 3.8) is 0 Å². The van der Waals surface area contributed by atoms with Crippen LogP contribution in [0.25, 0.3) is 0 Å². The Morgan fingerprint density at radius 1 is 1.39 bits per heavy atom. The highest BCUT2D eigenvalue weighted by Crippen LogP contribution is 2.21. The lowest BCUT2D eigenvalue weighted by atomic mass is 10.1. The molecule has 0 atom stereocenters. The van der Waals surface area contributed by atoms with Crippen molar-refractivity contribution >= 4 is 11.3 Å². The number of hydrogen-bond donors (Lipinski definition) is 1. The highest BCUT2D eigenvalue weighted by molar-refractivity contribution is 7.11. The van der Waals surface area contributed by atoms with Crippen LogP contribution >= 0.6 is 11.3 Å². The van der Waals surface area contributed by atoms with E-state index in [0.717, 1.165) is 23.2 Å². The maximum atomic E-state index is 13.1. The van der Waals surface area contributed by atoms with Crippen LogP contribution in [0.1, 0.15) is 28.3 Å². The van der Waals surface area contributed by atoms with E-state index in [-0.39, 0.29) is 5.82 Å². The summed E-state index contributed by atoms with van der Waals surface area (Å²) in [6, 6.07) is 7.44. The van der Waals surface area contributed by atoms with Crippen molar-refractivity contribution in [3.8, 4) is 0 Å². The number of benzene rings is 1. The van der Waals surface area contributed by atoms with Crippen molar-refractivity contribution in [2.75, 3.05) is 0 Å². The molecule has 2 aromatic rings. The molecule has 3 rings (SSSR count). The number of aromatic nitrogens is 1. The number of hydrogen-bond acceptors (Lipinski definition) is 3. The summed E-state index contributed by atoms with van der Waals surface area (Å²) in [6.45, 7) is 0.908. The van der Waals surface area contributed by atoms with Gasteiger partial charge >= 0.3 is 0 Å². The van der Waals surface area contributed by atoms with Gasteiger partial charge in [0.15, 0.2) is 0 Å². The average Bonchev–Trinajstić information content (AvgIpc) is 3.08. The highest BCUT2D eigenvalue weighted by atomic mass is 32.1. The van der Waals surface area contributed by atoms with Crippen LogP contribution in [0.15, 0.2) is 30.5 Å². The van der Waals surface area contributed by atoms with Gasteiger partial charge in [0.1, 0.15) is 5.82 Å². The van der Waals surface area contributed by atoms with E-state index in [0.29, 0.717) is 6.42 Å². The summed E-state index contributed by atoms with van der Waals surface area (Å²) in [4.78, 5) is 5.65. The molecule has 0 unspecified atom stereocenters. The molecule has 0 bridgehead atoms. The molecule has 1 aromatic carbocycles. The molecule has 1 fully saturated rings. The molecule has 0 aliphatic heterocycles. The predicted molar refractivity (Wildman–Crippen MR) is 71.2 cm³/mol. The van der Waals surface area contributed by atoms with E-state index in [4.69, 9.17) is 0 Å². The first-order valence-corrected chi connectivity index (χ1v) is 7.02. The number of thiazole rings is 1. The largest absolute Gasteiger partial charge is 0.309 e.